The molecular formula is C12H22N2OS2. The van der Waals surface area contributed by atoms with Gasteiger partial charge in [0.05, 0.1) is 12.7 Å². The highest BCUT2D eigenvalue weighted by atomic mass is 32.2. The lowest BCUT2D eigenvalue weighted by atomic mass is 10.1. The zero-order valence-electron chi connectivity index (χ0n) is 10.5. The van der Waals surface area contributed by atoms with Gasteiger partial charge in [-0.15, -0.1) is 0 Å². The van der Waals surface area contributed by atoms with E-state index in [1.165, 1.54) is 23.7 Å². The molecule has 2 rings (SSSR count). The highest BCUT2D eigenvalue weighted by molar-refractivity contribution is 8.06. The summed E-state index contributed by atoms with van der Waals surface area (Å²) in [5.74, 6) is 4.04. The van der Waals surface area contributed by atoms with Gasteiger partial charge >= 0.3 is 0 Å². The third-order valence-corrected chi connectivity index (χ3v) is 6.12. The van der Waals surface area contributed by atoms with E-state index in [2.05, 4.69) is 12.2 Å². The van der Waals surface area contributed by atoms with Gasteiger partial charge in [-0.2, -0.15) is 23.5 Å². The van der Waals surface area contributed by atoms with Crippen molar-refractivity contribution in [2.45, 2.75) is 37.5 Å². The molecule has 0 spiro atoms. The van der Waals surface area contributed by atoms with Crippen molar-refractivity contribution in [2.24, 2.45) is 0 Å². The van der Waals surface area contributed by atoms with E-state index in [1.807, 2.05) is 28.4 Å². The van der Waals surface area contributed by atoms with Crippen molar-refractivity contribution in [3.8, 4) is 0 Å². The molecule has 17 heavy (non-hydrogen) atoms. The smallest absolute Gasteiger partial charge is 0.240 e. The summed E-state index contributed by atoms with van der Waals surface area (Å²) in [6, 6.07) is 0.0937. The average molecular weight is 274 g/mol. The zero-order valence-corrected chi connectivity index (χ0v) is 12.1. The molecule has 3 nitrogen and oxygen atoms in total. The second-order valence-electron chi connectivity index (χ2n) is 4.69. The Balaban J connectivity index is 1.76. The molecule has 2 aliphatic heterocycles. The summed E-state index contributed by atoms with van der Waals surface area (Å²) >= 11 is 4.05. The molecule has 2 heterocycles. The Kier molecular flexibility index (Phi) is 5.50. The largest absolute Gasteiger partial charge is 0.327 e. The van der Waals surface area contributed by atoms with Crippen molar-refractivity contribution in [2.75, 3.05) is 30.5 Å². The number of amides is 1. The van der Waals surface area contributed by atoms with Crippen molar-refractivity contribution in [1.29, 1.82) is 0 Å². The zero-order chi connectivity index (χ0) is 12.1. The average Bonchev–Trinajstić information content (AvgIpc) is 2.70. The first-order valence-corrected chi connectivity index (χ1v) is 8.73. The van der Waals surface area contributed by atoms with Crippen LogP contribution in [0.2, 0.25) is 0 Å². The highest BCUT2D eigenvalue weighted by Crippen LogP contribution is 2.25. The van der Waals surface area contributed by atoms with E-state index in [1.54, 1.807) is 0 Å². The van der Waals surface area contributed by atoms with E-state index in [-0.39, 0.29) is 6.04 Å². The van der Waals surface area contributed by atoms with Crippen LogP contribution in [0.15, 0.2) is 0 Å². The van der Waals surface area contributed by atoms with Crippen molar-refractivity contribution in [1.82, 2.24) is 10.2 Å². The maximum atomic E-state index is 12.1. The first-order valence-electron chi connectivity index (χ1n) is 6.52. The number of carbonyl (C=O) groups excluding carboxylic acids is 1. The van der Waals surface area contributed by atoms with Crippen LogP contribution in [0.4, 0.5) is 0 Å². The van der Waals surface area contributed by atoms with E-state index in [0.29, 0.717) is 11.2 Å². The molecular weight excluding hydrogens is 252 g/mol. The van der Waals surface area contributed by atoms with E-state index < -0.39 is 0 Å². The van der Waals surface area contributed by atoms with Crippen LogP contribution in [0.25, 0.3) is 0 Å². The van der Waals surface area contributed by atoms with Crippen LogP contribution < -0.4 is 5.32 Å². The molecule has 0 aromatic heterocycles. The predicted molar refractivity (Wildman–Crippen MR) is 76.6 cm³/mol. The molecule has 0 radical (unpaired) electrons. The highest BCUT2D eigenvalue weighted by Gasteiger charge is 2.32. The Morgan fingerprint density at radius 2 is 2.35 bits per heavy atom. The summed E-state index contributed by atoms with van der Waals surface area (Å²) in [5, 5.41) is 3.98. The summed E-state index contributed by atoms with van der Waals surface area (Å²) in [6.07, 6.45) is 3.31. The summed E-state index contributed by atoms with van der Waals surface area (Å²) < 4.78 is 0. The number of nitrogens with zero attached hydrogens (tertiary/aromatic N) is 1. The SMILES string of the molecule is CCCCC1NCN(CC2CSCCS2)C1=O. The first-order chi connectivity index (χ1) is 8.31. The van der Waals surface area contributed by atoms with Crippen LogP contribution in [-0.2, 0) is 4.79 Å². The molecule has 1 N–H and O–H groups in total. The van der Waals surface area contributed by atoms with E-state index >= 15 is 0 Å². The number of unbranched alkanes of at least 4 members (excludes halogenated alkanes) is 1. The summed E-state index contributed by atoms with van der Waals surface area (Å²) in [7, 11) is 0. The lowest BCUT2D eigenvalue weighted by molar-refractivity contribution is -0.129. The van der Waals surface area contributed by atoms with Gasteiger partial charge in [0.1, 0.15) is 0 Å². The fourth-order valence-corrected chi connectivity index (χ4v) is 4.97. The van der Waals surface area contributed by atoms with Gasteiger partial charge in [0.15, 0.2) is 0 Å². The summed E-state index contributed by atoms with van der Waals surface area (Å²) in [5.41, 5.74) is 0. The third-order valence-electron chi connectivity index (χ3n) is 3.29. The number of hydrogen-bond donors (Lipinski definition) is 1. The Bertz CT molecular complexity index is 257. The van der Waals surface area contributed by atoms with E-state index in [9.17, 15) is 4.79 Å². The quantitative estimate of drug-likeness (QED) is 0.828. The Labute approximate surface area is 112 Å². The number of rotatable bonds is 5. The molecule has 1 amide bonds. The lowest BCUT2D eigenvalue weighted by Gasteiger charge is -2.25. The van der Waals surface area contributed by atoms with Crippen molar-refractivity contribution in [3.63, 3.8) is 0 Å². The van der Waals surface area contributed by atoms with Crippen LogP contribution in [0.1, 0.15) is 26.2 Å². The van der Waals surface area contributed by atoms with Crippen LogP contribution in [0.5, 0.6) is 0 Å². The number of thioether (sulfide) groups is 2. The molecule has 5 heteroatoms. The normalized spacial score (nSPS) is 29.9. The molecule has 0 aromatic rings. The molecule has 2 aliphatic rings. The van der Waals surface area contributed by atoms with Gasteiger partial charge in [0.25, 0.3) is 0 Å². The number of carbonyl (C=O) groups is 1. The van der Waals surface area contributed by atoms with Gasteiger partial charge in [-0.05, 0) is 6.42 Å². The van der Waals surface area contributed by atoms with Crippen molar-refractivity contribution in [3.05, 3.63) is 0 Å². The second kappa shape index (κ2) is 6.90. The molecule has 2 saturated heterocycles. The molecule has 0 bridgehead atoms. The fourth-order valence-electron chi connectivity index (χ4n) is 2.28. The maximum Gasteiger partial charge on any atom is 0.240 e. The fraction of sp³-hybridized carbons (Fsp3) is 0.917. The predicted octanol–water partition coefficient (Wildman–Crippen LogP) is 1.78. The second-order valence-corrected chi connectivity index (χ2v) is 7.24. The van der Waals surface area contributed by atoms with Gasteiger partial charge < -0.3 is 4.90 Å². The van der Waals surface area contributed by atoms with Gasteiger partial charge in [0, 0.05) is 29.1 Å². The van der Waals surface area contributed by atoms with Crippen molar-refractivity contribution >= 4 is 29.4 Å². The number of nitrogens with one attached hydrogen (secondary N) is 1. The standard InChI is InChI=1S/C12H22N2OS2/c1-2-3-4-11-12(15)14(9-13-11)7-10-8-16-5-6-17-10/h10-11,13H,2-9H2,1H3. The summed E-state index contributed by atoms with van der Waals surface area (Å²) in [6.45, 7) is 3.87. The van der Waals surface area contributed by atoms with Crippen LogP contribution in [0.3, 0.4) is 0 Å². The monoisotopic (exact) mass is 274 g/mol. The molecule has 2 fully saturated rings. The molecule has 98 valence electrons. The minimum atomic E-state index is 0.0937. The van der Waals surface area contributed by atoms with Gasteiger partial charge in [-0.1, -0.05) is 19.8 Å². The van der Waals surface area contributed by atoms with E-state index in [0.717, 1.165) is 26.1 Å². The summed E-state index contributed by atoms with van der Waals surface area (Å²) in [4.78, 5) is 14.2. The molecule has 2 atom stereocenters. The van der Waals surface area contributed by atoms with Crippen LogP contribution in [-0.4, -0.2) is 52.6 Å². The Morgan fingerprint density at radius 1 is 1.47 bits per heavy atom. The topological polar surface area (TPSA) is 32.3 Å². The Morgan fingerprint density at radius 3 is 3.06 bits per heavy atom. The van der Waals surface area contributed by atoms with Crippen LogP contribution >= 0.6 is 23.5 Å². The molecule has 0 aromatic carbocycles. The van der Waals surface area contributed by atoms with Crippen LogP contribution in [0, 0.1) is 0 Å². The maximum absolute atomic E-state index is 12.1. The van der Waals surface area contributed by atoms with Crippen molar-refractivity contribution < 1.29 is 4.79 Å². The first kappa shape index (κ1) is 13.6. The molecule has 2 unspecified atom stereocenters. The third kappa shape index (κ3) is 3.80. The van der Waals surface area contributed by atoms with E-state index in [4.69, 9.17) is 0 Å². The Hall–Kier alpha value is 0.130. The van der Waals surface area contributed by atoms with Gasteiger partial charge in [-0.25, -0.2) is 0 Å². The lowest BCUT2D eigenvalue weighted by Crippen LogP contribution is -2.36. The van der Waals surface area contributed by atoms with Gasteiger partial charge in [0.2, 0.25) is 5.91 Å². The minimum absolute atomic E-state index is 0.0937. The molecule has 0 saturated carbocycles. The molecule has 0 aliphatic carbocycles. The minimum Gasteiger partial charge on any atom is -0.327 e. The van der Waals surface area contributed by atoms with Gasteiger partial charge in [-0.3, -0.25) is 10.1 Å². The number of hydrogen-bond acceptors (Lipinski definition) is 4.